The van der Waals surface area contributed by atoms with E-state index in [0.717, 1.165) is 34.7 Å². The molecule has 3 aromatic rings. The van der Waals surface area contributed by atoms with Crippen LogP contribution >= 0.6 is 0 Å². The lowest BCUT2D eigenvalue weighted by Gasteiger charge is -2.26. The van der Waals surface area contributed by atoms with Crippen molar-refractivity contribution in [3.05, 3.63) is 59.9 Å². The van der Waals surface area contributed by atoms with Crippen LogP contribution in [0, 0.1) is 0 Å². The number of likely N-dealkylation sites (N-methyl/N-ethyl adjacent to an activating group) is 1. The van der Waals surface area contributed by atoms with Gasteiger partial charge in [-0.3, -0.25) is 9.69 Å². The summed E-state index contributed by atoms with van der Waals surface area (Å²) in [5.74, 6) is 1.73. The zero-order valence-corrected chi connectivity index (χ0v) is 16.1. The molecule has 1 saturated carbocycles. The Kier molecular flexibility index (Phi) is 4.70. The van der Waals surface area contributed by atoms with Gasteiger partial charge in [-0.05, 0) is 50.2 Å². The van der Waals surface area contributed by atoms with Crippen molar-refractivity contribution in [2.24, 2.45) is 7.05 Å². The molecule has 0 radical (unpaired) electrons. The van der Waals surface area contributed by atoms with Crippen molar-refractivity contribution < 1.29 is 4.79 Å². The first-order valence-electron chi connectivity index (χ1n) is 9.61. The first-order valence-corrected chi connectivity index (χ1v) is 9.61. The Morgan fingerprint density at radius 1 is 1.26 bits per heavy atom. The van der Waals surface area contributed by atoms with Crippen LogP contribution in [0.4, 0.5) is 5.69 Å². The van der Waals surface area contributed by atoms with Gasteiger partial charge >= 0.3 is 0 Å². The number of hydrogen-bond donors (Lipinski definition) is 1. The number of carbonyl (C=O) groups is 1. The van der Waals surface area contributed by atoms with E-state index in [1.165, 1.54) is 12.8 Å². The largest absolute Gasteiger partial charge is 0.331 e. The number of anilines is 1. The molecule has 1 aliphatic carbocycles. The van der Waals surface area contributed by atoms with E-state index in [4.69, 9.17) is 4.98 Å². The minimum absolute atomic E-state index is 0.0248. The number of carbonyl (C=O) groups excluding carboxylic acids is 1. The maximum absolute atomic E-state index is 13.1. The van der Waals surface area contributed by atoms with Crippen LogP contribution in [-0.4, -0.2) is 34.0 Å². The Labute approximate surface area is 160 Å². The summed E-state index contributed by atoms with van der Waals surface area (Å²) in [5, 5.41) is 3.09. The summed E-state index contributed by atoms with van der Waals surface area (Å²) in [6.07, 6.45) is 2.45. The summed E-state index contributed by atoms with van der Waals surface area (Å²) in [4.78, 5) is 19.9. The molecule has 1 aliphatic rings. The lowest BCUT2D eigenvalue weighted by Crippen LogP contribution is -2.34. The van der Waals surface area contributed by atoms with E-state index in [-0.39, 0.29) is 11.9 Å². The maximum Gasteiger partial charge on any atom is 0.246 e. The van der Waals surface area contributed by atoms with Gasteiger partial charge in [0.25, 0.3) is 0 Å². The lowest BCUT2D eigenvalue weighted by molar-refractivity contribution is -0.121. The first kappa shape index (κ1) is 17.7. The molecule has 140 valence electrons. The highest BCUT2D eigenvalue weighted by molar-refractivity contribution is 5.97. The van der Waals surface area contributed by atoms with Crippen LogP contribution in [-0.2, 0) is 11.8 Å². The lowest BCUT2D eigenvalue weighted by atomic mass is 10.0. The summed E-state index contributed by atoms with van der Waals surface area (Å²) in [5.41, 5.74) is 3.84. The molecule has 0 bridgehead atoms. The Bertz CT molecular complexity index is 959. The molecule has 1 amide bonds. The van der Waals surface area contributed by atoms with Gasteiger partial charge in [-0.2, -0.15) is 0 Å². The molecule has 27 heavy (non-hydrogen) atoms. The Morgan fingerprint density at radius 3 is 2.67 bits per heavy atom. The molecular formula is C22H26N4O. The van der Waals surface area contributed by atoms with Gasteiger partial charge in [0.1, 0.15) is 11.9 Å². The number of aromatic nitrogens is 2. The van der Waals surface area contributed by atoms with Crippen molar-refractivity contribution in [1.29, 1.82) is 0 Å². The average molecular weight is 362 g/mol. The van der Waals surface area contributed by atoms with Crippen LogP contribution in [0.15, 0.2) is 48.5 Å². The topological polar surface area (TPSA) is 50.2 Å². The SMILES string of the molecule is CCN(C)[C@@H](C(=O)Nc1ccc2c(c1)nc(C1CC1)n2C)c1ccccc1. The van der Waals surface area contributed by atoms with E-state index >= 15 is 0 Å². The molecule has 5 heteroatoms. The summed E-state index contributed by atoms with van der Waals surface area (Å²) in [7, 11) is 4.05. The highest BCUT2D eigenvalue weighted by Crippen LogP contribution is 2.40. The molecule has 0 saturated heterocycles. The number of imidazole rings is 1. The van der Waals surface area contributed by atoms with Crippen LogP contribution < -0.4 is 5.32 Å². The van der Waals surface area contributed by atoms with E-state index in [9.17, 15) is 4.79 Å². The zero-order valence-electron chi connectivity index (χ0n) is 16.1. The van der Waals surface area contributed by atoms with Crippen LogP contribution in [0.1, 0.15) is 43.1 Å². The normalized spacial score (nSPS) is 15.3. The minimum Gasteiger partial charge on any atom is -0.331 e. The predicted molar refractivity (Wildman–Crippen MR) is 109 cm³/mol. The number of aryl methyl sites for hydroxylation is 1. The van der Waals surface area contributed by atoms with Crippen molar-refractivity contribution in [1.82, 2.24) is 14.5 Å². The summed E-state index contributed by atoms with van der Waals surface area (Å²) in [6.45, 7) is 2.85. The van der Waals surface area contributed by atoms with Gasteiger partial charge in [0, 0.05) is 18.7 Å². The quantitative estimate of drug-likeness (QED) is 0.719. The van der Waals surface area contributed by atoms with Gasteiger partial charge in [-0.1, -0.05) is 37.3 Å². The molecule has 1 atom stereocenters. The van der Waals surface area contributed by atoms with Crippen molar-refractivity contribution >= 4 is 22.6 Å². The van der Waals surface area contributed by atoms with Gasteiger partial charge in [-0.25, -0.2) is 4.98 Å². The van der Waals surface area contributed by atoms with Gasteiger partial charge < -0.3 is 9.88 Å². The van der Waals surface area contributed by atoms with Crippen LogP contribution in [0.3, 0.4) is 0 Å². The van der Waals surface area contributed by atoms with Crippen molar-refractivity contribution in [2.45, 2.75) is 31.7 Å². The van der Waals surface area contributed by atoms with E-state index in [1.807, 2.05) is 55.6 Å². The van der Waals surface area contributed by atoms with Crippen LogP contribution in [0.2, 0.25) is 0 Å². The highest BCUT2D eigenvalue weighted by atomic mass is 16.2. The second-order valence-electron chi connectivity index (χ2n) is 7.38. The van der Waals surface area contributed by atoms with Crippen LogP contribution in [0.25, 0.3) is 11.0 Å². The molecule has 1 heterocycles. The van der Waals surface area contributed by atoms with E-state index in [0.29, 0.717) is 5.92 Å². The van der Waals surface area contributed by atoms with Gasteiger partial charge in [0.05, 0.1) is 11.0 Å². The van der Waals surface area contributed by atoms with Crippen molar-refractivity contribution in [3.8, 4) is 0 Å². The summed E-state index contributed by atoms with van der Waals surface area (Å²) >= 11 is 0. The number of benzene rings is 2. The summed E-state index contributed by atoms with van der Waals surface area (Å²) < 4.78 is 2.18. The fraction of sp³-hybridized carbons (Fsp3) is 0.364. The third kappa shape index (κ3) is 3.47. The molecular weight excluding hydrogens is 336 g/mol. The number of nitrogens with zero attached hydrogens (tertiary/aromatic N) is 3. The third-order valence-corrected chi connectivity index (χ3v) is 5.43. The fourth-order valence-corrected chi connectivity index (χ4v) is 3.64. The molecule has 0 aliphatic heterocycles. The summed E-state index contributed by atoms with van der Waals surface area (Å²) in [6, 6.07) is 15.6. The molecule has 5 nitrogen and oxygen atoms in total. The van der Waals surface area contributed by atoms with Crippen molar-refractivity contribution in [2.75, 3.05) is 18.9 Å². The molecule has 1 aromatic heterocycles. The Balaban J connectivity index is 1.60. The molecule has 4 rings (SSSR count). The minimum atomic E-state index is -0.322. The number of nitrogens with one attached hydrogen (secondary N) is 1. The van der Waals surface area contributed by atoms with E-state index < -0.39 is 0 Å². The molecule has 1 fully saturated rings. The van der Waals surface area contributed by atoms with Gasteiger partial charge in [-0.15, -0.1) is 0 Å². The number of hydrogen-bond acceptors (Lipinski definition) is 3. The van der Waals surface area contributed by atoms with Gasteiger partial charge in [0.15, 0.2) is 0 Å². The second-order valence-corrected chi connectivity index (χ2v) is 7.38. The standard InChI is InChI=1S/C22H26N4O/c1-4-25(2)20(15-8-6-5-7-9-15)22(27)23-17-12-13-19-18(14-17)24-21(26(19)3)16-10-11-16/h5-9,12-14,16,20H,4,10-11H2,1-3H3,(H,23,27)/t20-/m1/s1. The molecule has 0 unspecified atom stereocenters. The second kappa shape index (κ2) is 7.16. The van der Waals surface area contributed by atoms with Crippen LogP contribution in [0.5, 0.6) is 0 Å². The number of amides is 1. The fourth-order valence-electron chi connectivity index (χ4n) is 3.64. The monoisotopic (exact) mass is 362 g/mol. The Hall–Kier alpha value is -2.66. The third-order valence-electron chi connectivity index (χ3n) is 5.43. The van der Waals surface area contributed by atoms with E-state index in [1.54, 1.807) is 0 Å². The molecule has 0 spiro atoms. The van der Waals surface area contributed by atoms with Gasteiger partial charge in [0.2, 0.25) is 5.91 Å². The zero-order chi connectivity index (χ0) is 19.0. The van der Waals surface area contributed by atoms with E-state index in [2.05, 4.69) is 28.8 Å². The smallest absolute Gasteiger partial charge is 0.246 e. The predicted octanol–water partition coefficient (Wildman–Crippen LogP) is 4.08. The number of rotatable bonds is 6. The Morgan fingerprint density at radius 2 is 2.00 bits per heavy atom. The first-order chi connectivity index (χ1) is 13.1. The molecule has 1 N–H and O–H groups in total. The van der Waals surface area contributed by atoms with Crippen molar-refractivity contribution in [3.63, 3.8) is 0 Å². The average Bonchev–Trinajstić information content (AvgIpc) is 3.47. The molecule has 2 aromatic carbocycles. The number of fused-ring (bicyclic) bond motifs is 1. The maximum atomic E-state index is 13.1. The highest BCUT2D eigenvalue weighted by Gasteiger charge is 2.29.